The zero-order chi connectivity index (χ0) is 10.5. The summed E-state index contributed by atoms with van der Waals surface area (Å²) in [6.45, 7) is 2.09. The summed E-state index contributed by atoms with van der Waals surface area (Å²) in [6.07, 6.45) is 6.44. The van der Waals surface area contributed by atoms with Gasteiger partial charge in [0.05, 0.1) is 11.7 Å². The van der Waals surface area contributed by atoms with E-state index in [1.807, 2.05) is 12.1 Å². The van der Waals surface area contributed by atoms with E-state index in [0.29, 0.717) is 6.04 Å². The lowest BCUT2D eigenvalue weighted by Gasteiger charge is -2.15. The Morgan fingerprint density at radius 2 is 1.67 bits per heavy atom. The molecule has 0 bridgehead atoms. The van der Waals surface area contributed by atoms with Crippen molar-refractivity contribution < 1.29 is 0 Å². The van der Waals surface area contributed by atoms with Gasteiger partial charge in [-0.1, -0.05) is 37.0 Å². The second-order valence-electron chi connectivity index (χ2n) is 4.34. The molecule has 80 valence electrons. The first-order chi connectivity index (χ1) is 7.34. The van der Waals surface area contributed by atoms with Crippen LogP contribution in [-0.4, -0.2) is 6.04 Å². The fraction of sp³-hybridized carbons (Fsp3) is 0.538. The van der Waals surface area contributed by atoms with Gasteiger partial charge in [-0.15, -0.1) is 0 Å². The Morgan fingerprint density at radius 1 is 1.00 bits per heavy atom. The van der Waals surface area contributed by atoms with Gasteiger partial charge in [-0.3, -0.25) is 0 Å². The van der Waals surface area contributed by atoms with Gasteiger partial charge in [0.1, 0.15) is 0 Å². The standard InChI is InChI=1S/C13H18N2/c1-11-7-9-13(10-8-11)15-14-12-5-3-2-4-6-12/h7-10,12H,2-6H2,1H3. The van der Waals surface area contributed by atoms with Crippen LogP contribution in [0, 0.1) is 6.92 Å². The van der Waals surface area contributed by atoms with E-state index in [2.05, 4.69) is 29.3 Å². The van der Waals surface area contributed by atoms with E-state index < -0.39 is 0 Å². The van der Waals surface area contributed by atoms with Crippen molar-refractivity contribution >= 4 is 5.69 Å². The fourth-order valence-corrected chi connectivity index (χ4v) is 1.96. The van der Waals surface area contributed by atoms with Crippen LogP contribution < -0.4 is 0 Å². The molecule has 0 aliphatic heterocycles. The van der Waals surface area contributed by atoms with Crippen LogP contribution in [0.3, 0.4) is 0 Å². The van der Waals surface area contributed by atoms with Crippen LogP contribution in [0.5, 0.6) is 0 Å². The zero-order valence-electron chi connectivity index (χ0n) is 9.32. The summed E-state index contributed by atoms with van der Waals surface area (Å²) >= 11 is 0. The number of hydrogen-bond acceptors (Lipinski definition) is 2. The molecule has 2 rings (SSSR count). The molecule has 0 unspecified atom stereocenters. The predicted molar refractivity (Wildman–Crippen MR) is 62.6 cm³/mol. The second-order valence-corrected chi connectivity index (χ2v) is 4.34. The number of benzene rings is 1. The summed E-state index contributed by atoms with van der Waals surface area (Å²) in [4.78, 5) is 0. The van der Waals surface area contributed by atoms with Crippen molar-refractivity contribution in [1.29, 1.82) is 0 Å². The fourth-order valence-electron chi connectivity index (χ4n) is 1.96. The highest BCUT2D eigenvalue weighted by atomic mass is 15.1. The van der Waals surface area contributed by atoms with Crippen molar-refractivity contribution in [2.75, 3.05) is 0 Å². The molecular formula is C13H18N2. The molecule has 2 heteroatoms. The van der Waals surface area contributed by atoms with E-state index in [1.165, 1.54) is 37.7 Å². The average Bonchev–Trinajstić information content (AvgIpc) is 2.30. The van der Waals surface area contributed by atoms with Gasteiger partial charge in [-0.05, 0) is 31.9 Å². The van der Waals surface area contributed by atoms with Gasteiger partial charge < -0.3 is 0 Å². The van der Waals surface area contributed by atoms with Gasteiger partial charge in [-0.2, -0.15) is 10.2 Å². The molecule has 1 saturated carbocycles. The van der Waals surface area contributed by atoms with Crippen molar-refractivity contribution in [3.05, 3.63) is 29.8 Å². The monoisotopic (exact) mass is 202 g/mol. The smallest absolute Gasteiger partial charge is 0.0852 e. The first kappa shape index (κ1) is 10.3. The second kappa shape index (κ2) is 5.06. The van der Waals surface area contributed by atoms with E-state index >= 15 is 0 Å². The Labute approximate surface area is 91.4 Å². The third kappa shape index (κ3) is 3.15. The Morgan fingerprint density at radius 3 is 2.33 bits per heavy atom. The Balaban J connectivity index is 1.95. The lowest BCUT2D eigenvalue weighted by atomic mass is 9.96. The first-order valence-electron chi connectivity index (χ1n) is 5.82. The van der Waals surface area contributed by atoms with Crippen molar-refractivity contribution in [1.82, 2.24) is 0 Å². The molecule has 1 aliphatic rings. The minimum Gasteiger partial charge on any atom is -0.185 e. The molecule has 1 aromatic rings. The molecule has 0 atom stereocenters. The largest absolute Gasteiger partial charge is 0.185 e. The van der Waals surface area contributed by atoms with Crippen LogP contribution in [0.1, 0.15) is 37.7 Å². The topological polar surface area (TPSA) is 24.7 Å². The maximum atomic E-state index is 4.41. The molecule has 0 spiro atoms. The van der Waals surface area contributed by atoms with Crippen molar-refractivity contribution in [2.45, 2.75) is 45.1 Å². The number of nitrogens with zero attached hydrogens (tertiary/aromatic N) is 2. The van der Waals surface area contributed by atoms with E-state index in [1.54, 1.807) is 0 Å². The Bertz CT molecular complexity index is 321. The van der Waals surface area contributed by atoms with Crippen LogP contribution in [0.15, 0.2) is 34.5 Å². The van der Waals surface area contributed by atoms with Crippen molar-refractivity contribution in [3.63, 3.8) is 0 Å². The minimum absolute atomic E-state index is 0.472. The molecule has 0 N–H and O–H groups in total. The first-order valence-corrected chi connectivity index (χ1v) is 5.82. The highest BCUT2D eigenvalue weighted by molar-refractivity contribution is 5.37. The molecule has 1 fully saturated rings. The van der Waals surface area contributed by atoms with Crippen LogP contribution in [-0.2, 0) is 0 Å². The van der Waals surface area contributed by atoms with Gasteiger partial charge in [-0.25, -0.2) is 0 Å². The molecule has 1 aliphatic carbocycles. The van der Waals surface area contributed by atoms with Crippen LogP contribution in [0.25, 0.3) is 0 Å². The van der Waals surface area contributed by atoms with E-state index in [9.17, 15) is 0 Å². The maximum Gasteiger partial charge on any atom is 0.0852 e. The molecular weight excluding hydrogens is 184 g/mol. The summed E-state index contributed by atoms with van der Waals surface area (Å²) in [7, 11) is 0. The number of azo groups is 1. The molecule has 0 aromatic heterocycles. The number of rotatable bonds is 2. The van der Waals surface area contributed by atoms with Crippen molar-refractivity contribution in [3.8, 4) is 0 Å². The highest BCUT2D eigenvalue weighted by Gasteiger charge is 2.11. The molecule has 0 radical (unpaired) electrons. The quantitative estimate of drug-likeness (QED) is 0.634. The van der Waals surface area contributed by atoms with E-state index in [-0.39, 0.29) is 0 Å². The molecule has 0 heterocycles. The normalized spacial score (nSPS) is 18.5. The lowest BCUT2D eigenvalue weighted by Crippen LogP contribution is -2.08. The molecule has 2 nitrogen and oxygen atoms in total. The molecule has 1 aromatic carbocycles. The summed E-state index contributed by atoms with van der Waals surface area (Å²) in [5, 5.41) is 8.70. The van der Waals surface area contributed by atoms with Crippen LogP contribution >= 0.6 is 0 Å². The SMILES string of the molecule is Cc1ccc(N=NC2CCCCC2)cc1. The minimum atomic E-state index is 0.472. The average molecular weight is 202 g/mol. The predicted octanol–water partition coefficient (Wildman–Crippen LogP) is 4.41. The maximum absolute atomic E-state index is 4.41. The molecule has 0 saturated heterocycles. The summed E-state index contributed by atoms with van der Waals surface area (Å²) in [6, 6.07) is 8.69. The number of aryl methyl sites for hydroxylation is 1. The number of hydrogen-bond donors (Lipinski definition) is 0. The van der Waals surface area contributed by atoms with Gasteiger partial charge in [0.25, 0.3) is 0 Å². The van der Waals surface area contributed by atoms with Gasteiger partial charge >= 0.3 is 0 Å². The third-order valence-electron chi connectivity index (χ3n) is 2.95. The van der Waals surface area contributed by atoms with E-state index in [4.69, 9.17) is 0 Å². The van der Waals surface area contributed by atoms with Crippen molar-refractivity contribution in [2.24, 2.45) is 10.2 Å². The lowest BCUT2D eigenvalue weighted by molar-refractivity contribution is 0.432. The van der Waals surface area contributed by atoms with Crippen LogP contribution in [0.2, 0.25) is 0 Å². The summed E-state index contributed by atoms with van der Waals surface area (Å²) in [5.41, 5.74) is 2.25. The van der Waals surface area contributed by atoms with Gasteiger partial charge in [0.2, 0.25) is 0 Å². The Hall–Kier alpha value is -1.18. The summed E-state index contributed by atoms with van der Waals surface area (Å²) < 4.78 is 0. The Kier molecular flexibility index (Phi) is 3.49. The molecule has 15 heavy (non-hydrogen) atoms. The van der Waals surface area contributed by atoms with Gasteiger partial charge in [0.15, 0.2) is 0 Å². The summed E-state index contributed by atoms with van der Waals surface area (Å²) in [5.74, 6) is 0. The zero-order valence-corrected chi connectivity index (χ0v) is 9.32. The third-order valence-corrected chi connectivity index (χ3v) is 2.95. The molecule has 0 amide bonds. The van der Waals surface area contributed by atoms with E-state index in [0.717, 1.165) is 5.69 Å². The van der Waals surface area contributed by atoms with Gasteiger partial charge in [0, 0.05) is 0 Å². The van der Waals surface area contributed by atoms with Crippen LogP contribution in [0.4, 0.5) is 5.69 Å². The highest BCUT2D eigenvalue weighted by Crippen LogP contribution is 2.22.